The third-order valence-corrected chi connectivity index (χ3v) is 10.6. The Hall–Kier alpha value is -1.05. The minimum Gasteiger partial charge on any atom is -0.462 e. The molecule has 1 atom stereocenters. The van der Waals surface area contributed by atoms with E-state index in [0.717, 1.165) is 25.7 Å². The van der Waals surface area contributed by atoms with Crippen LogP contribution in [0.25, 0.3) is 0 Å². The Labute approximate surface area is 316 Å². The normalized spacial score (nSPS) is 12.5. The van der Waals surface area contributed by atoms with Gasteiger partial charge in [0.15, 0.2) is 0 Å². The number of carbonyl (C=O) groups excluding carboxylic acids is 1. The van der Waals surface area contributed by atoms with Gasteiger partial charge in [-0.3, -0.25) is 4.79 Å². The van der Waals surface area contributed by atoms with Crippen molar-refractivity contribution in [3.05, 3.63) is 24.3 Å². The molecule has 0 rings (SSSR count). The van der Waals surface area contributed by atoms with E-state index in [1.807, 2.05) is 0 Å². The summed E-state index contributed by atoms with van der Waals surface area (Å²) in [7, 11) is 0. The molecular formula is C48H92O2. The van der Waals surface area contributed by atoms with Crippen LogP contribution in [0.5, 0.6) is 0 Å². The molecule has 0 N–H and O–H groups in total. The number of esters is 1. The fraction of sp³-hybridized carbons (Fsp3) is 0.896. The van der Waals surface area contributed by atoms with Gasteiger partial charge in [-0.15, -0.1) is 0 Å². The van der Waals surface area contributed by atoms with E-state index >= 15 is 0 Å². The molecule has 0 aliphatic heterocycles. The fourth-order valence-corrected chi connectivity index (χ4v) is 7.15. The van der Waals surface area contributed by atoms with Gasteiger partial charge in [0.1, 0.15) is 6.10 Å². The highest BCUT2D eigenvalue weighted by molar-refractivity contribution is 5.69. The first-order valence-corrected chi connectivity index (χ1v) is 23.2. The quantitative estimate of drug-likeness (QED) is 0.0360. The largest absolute Gasteiger partial charge is 0.462 e. The molecule has 0 aromatic rings. The van der Waals surface area contributed by atoms with Crippen molar-refractivity contribution < 1.29 is 9.53 Å². The zero-order valence-corrected chi connectivity index (χ0v) is 34.8. The smallest absolute Gasteiger partial charge is 0.306 e. The van der Waals surface area contributed by atoms with Crippen LogP contribution < -0.4 is 0 Å². The molecule has 0 fully saturated rings. The number of hydrogen-bond donors (Lipinski definition) is 0. The average Bonchev–Trinajstić information content (AvgIpc) is 3.12. The monoisotopic (exact) mass is 701 g/mol. The number of rotatable bonds is 42. The van der Waals surface area contributed by atoms with Crippen molar-refractivity contribution in [2.75, 3.05) is 0 Å². The predicted octanol–water partition coefficient (Wildman–Crippen LogP) is 17.3. The summed E-state index contributed by atoms with van der Waals surface area (Å²) in [5.41, 5.74) is 0. The van der Waals surface area contributed by atoms with Crippen LogP contribution in [0.15, 0.2) is 24.3 Å². The predicted molar refractivity (Wildman–Crippen MR) is 225 cm³/mol. The molecule has 0 amide bonds. The van der Waals surface area contributed by atoms with Crippen LogP contribution in [0, 0.1) is 0 Å². The van der Waals surface area contributed by atoms with Crippen molar-refractivity contribution in [2.45, 2.75) is 277 Å². The van der Waals surface area contributed by atoms with E-state index in [9.17, 15) is 4.79 Å². The molecule has 0 heterocycles. The second-order valence-electron chi connectivity index (χ2n) is 15.8. The third kappa shape index (κ3) is 41.4. The van der Waals surface area contributed by atoms with Gasteiger partial charge >= 0.3 is 5.97 Å². The maximum absolute atomic E-state index is 12.8. The summed E-state index contributed by atoms with van der Waals surface area (Å²) in [6.45, 7) is 6.87. The average molecular weight is 701 g/mol. The molecule has 0 aliphatic carbocycles. The molecule has 1 unspecified atom stereocenters. The molecule has 50 heavy (non-hydrogen) atoms. The Morgan fingerprint density at radius 3 is 0.940 bits per heavy atom. The molecule has 2 nitrogen and oxygen atoms in total. The highest BCUT2D eigenvalue weighted by Crippen LogP contribution is 2.19. The number of ether oxygens (including phenoxy) is 1. The van der Waals surface area contributed by atoms with Crippen molar-refractivity contribution in [2.24, 2.45) is 0 Å². The minimum absolute atomic E-state index is 0.0631. The van der Waals surface area contributed by atoms with Crippen molar-refractivity contribution in [3.8, 4) is 0 Å². The lowest BCUT2D eigenvalue weighted by molar-refractivity contribution is -0.150. The van der Waals surface area contributed by atoms with Crippen LogP contribution >= 0.6 is 0 Å². The van der Waals surface area contributed by atoms with Gasteiger partial charge in [0, 0.05) is 6.42 Å². The van der Waals surface area contributed by atoms with E-state index in [1.54, 1.807) is 0 Å². The topological polar surface area (TPSA) is 26.3 Å². The number of allylic oxidation sites excluding steroid dienone is 4. The van der Waals surface area contributed by atoms with E-state index in [-0.39, 0.29) is 12.1 Å². The molecule has 0 spiro atoms. The first kappa shape index (κ1) is 49.0. The molecule has 0 aromatic carbocycles. The van der Waals surface area contributed by atoms with Crippen molar-refractivity contribution in [1.82, 2.24) is 0 Å². The molecule has 2 heteroatoms. The summed E-state index contributed by atoms with van der Waals surface area (Å²) in [4.78, 5) is 12.8. The fourth-order valence-electron chi connectivity index (χ4n) is 7.15. The lowest BCUT2D eigenvalue weighted by Crippen LogP contribution is -2.18. The Kier molecular flexibility index (Phi) is 43.2. The SMILES string of the molecule is CCCCCCCCC=CCCCCCCCCC(CCCCCCCCCCC)OC(=O)CCCCCCCC=CCCCCCCCC. The van der Waals surface area contributed by atoms with E-state index < -0.39 is 0 Å². The van der Waals surface area contributed by atoms with Gasteiger partial charge < -0.3 is 4.74 Å². The summed E-state index contributed by atoms with van der Waals surface area (Å²) in [6, 6.07) is 0. The van der Waals surface area contributed by atoms with Crippen molar-refractivity contribution >= 4 is 5.97 Å². The Morgan fingerprint density at radius 1 is 0.360 bits per heavy atom. The standard InChI is InChI=1S/C48H92O2/c1-4-7-10-13-16-19-21-23-25-27-28-30-33-36-39-42-45-47(44-41-38-35-32-18-15-12-9-6-3)50-48(49)46-43-40-37-34-31-29-26-24-22-20-17-14-11-8-5-2/h23-26,47H,4-22,27-46H2,1-3H3. The highest BCUT2D eigenvalue weighted by atomic mass is 16.5. The summed E-state index contributed by atoms with van der Waals surface area (Å²) < 4.78 is 6.11. The lowest BCUT2D eigenvalue weighted by Gasteiger charge is -2.18. The summed E-state index contributed by atoms with van der Waals surface area (Å²) >= 11 is 0. The third-order valence-electron chi connectivity index (χ3n) is 10.6. The molecule has 0 saturated carbocycles. The molecule has 0 saturated heterocycles. The molecule has 0 bridgehead atoms. The van der Waals surface area contributed by atoms with Gasteiger partial charge in [0.25, 0.3) is 0 Å². The Morgan fingerprint density at radius 2 is 0.620 bits per heavy atom. The molecule has 0 radical (unpaired) electrons. The first-order chi connectivity index (χ1) is 24.7. The summed E-state index contributed by atoms with van der Waals surface area (Å²) in [5.74, 6) is 0.0631. The van der Waals surface area contributed by atoms with Gasteiger partial charge in [-0.1, -0.05) is 206 Å². The first-order valence-electron chi connectivity index (χ1n) is 23.2. The van der Waals surface area contributed by atoms with Crippen molar-refractivity contribution in [1.29, 1.82) is 0 Å². The maximum atomic E-state index is 12.8. The zero-order valence-electron chi connectivity index (χ0n) is 34.8. The van der Waals surface area contributed by atoms with Crippen LogP contribution in [0.3, 0.4) is 0 Å². The lowest BCUT2D eigenvalue weighted by atomic mass is 10.0. The van der Waals surface area contributed by atoms with Crippen LogP contribution in [0.4, 0.5) is 0 Å². The molecule has 0 aromatic heterocycles. The van der Waals surface area contributed by atoms with Crippen LogP contribution in [0.1, 0.15) is 271 Å². The van der Waals surface area contributed by atoms with E-state index in [0.29, 0.717) is 6.42 Å². The molecular weight excluding hydrogens is 609 g/mol. The second-order valence-corrected chi connectivity index (χ2v) is 15.8. The summed E-state index contributed by atoms with van der Waals surface area (Å²) in [5, 5.41) is 0. The van der Waals surface area contributed by atoms with Crippen molar-refractivity contribution in [3.63, 3.8) is 0 Å². The van der Waals surface area contributed by atoms with E-state index in [1.165, 1.54) is 218 Å². The van der Waals surface area contributed by atoms with Crippen LogP contribution in [0.2, 0.25) is 0 Å². The highest BCUT2D eigenvalue weighted by Gasteiger charge is 2.14. The van der Waals surface area contributed by atoms with E-state index in [2.05, 4.69) is 45.1 Å². The van der Waals surface area contributed by atoms with Gasteiger partial charge in [-0.25, -0.2) is 0 Å². The van der Waals surface area contributed by atoms with Crippen LogP contribution in [-0.2, 0) is 9.53 Å². The summed E-state index contributed by atoms with van der Waals surface area (Å²) in [6.07, 6.45) is 60.2. The van der Waals surface area contributed by atoms with E-state index in [4.69, 9.17) is 4.74 Å². The van der Waals surface area contributed by atoms with Gasteiger partial charge in [-0.05, 0) is 83.5 Å². The number of hydrogen-bond acceptors (Lipinski definition) is 2. The number of unbranched alkanes of at least 4 members (excludes halogenated alkanes) is 31. The minimum atomic E-state index is 0.0631. The van der Waals surface area contributed by atoms with Crippen LogP contribution in [-0.4, -0.2) is 12.1 Å². The van der Waals surface area contributed by atoms with Gasteiger partial charge in [0.05, 0.1) is 0 Å². The molecule has 296 valence electrons. The maximum Gasteiger partial charge on any atom is 0.306 e. The van der Waals surface area contributed by atoms with Gasteiger partial charge in [0.2, 0.25) is 0 Å². The molecule has 0 aliphatic rings. The zero-order chi connectivity index (χ0) is 36.3. The van der Waals surface area contributed by atoms with Gasteiger partial charge in [-0.2, -0.15) is 0 Å². The number of carbonyl (C=O) groups is 1. The Bertz CT molecular complexity index is 694. The second kappa shape index (κ2) is 44.1. The Balaban J connectivity index is 4.05.